The van der Waals surface area contributed by atoms with E-state index in [0.717, 1.165) is 54.1 Å². The third kappa shape index (κ3) is 7.11. The molecule has 0 fully saturated rings. The van der Waals surface area contributed by atoms with E-state index in [1.54, 1.807) is 11.0 Å². The number of carboxylic acid groups (broad SMARTS) is 1. The molecule has 0 unspecified atom stereocenters. The second-order valence-electron chi connectivity index (χ2n) is 6.93. The minimum Gasteiger partial charge on any atom is -0.478 e. The molecule has 5 heteroatoms. The maximum atomic E-state index is 12.7. The summed E-state index contributed by atoms with van der Waals surface area (Å²) in [6.45, 7) is 5.55. The average molecular weight is 395 g/mol. The Labute approximate surface area is 173 Å². The molecular formula is C24H30N2O3. The highest BCUT2D eigenvalue weighted by molar-refractivity contribution is 5.92. The summed E-state index contributed by atoms with van der Waals surface area (Å²) < 4.78 is 0. The van der Waals surface area contributed by atoms with Gasteiger partial charge in [-0.2, -0.15) is 0 Å². The van der Waals surface area contributed by atoms with Crippen molar-refractivity contribution in [3.63, 3.8) is 0 Å². The molecule has 5 nitrogen and oxygen atoms in total. The molecule has 0 saturated heterocycles. The Balaban J connectivity index is 2.16. The van der Waals surface area contributed by atoms with Crippen molar-refractivity contribution in [3.05, 3.63) is 60.2 Å². The molecule has 2 amide bonds. The topological polar surface area (TPSA) is 69.6 Å². The number of nitrogens with one attached hydrogen (secondary N) is 1. The molecule has 0 heterocycles. The van der Waals surface area contributed by atoms with E-state index < -0.39 is 5.97 Å². The van der Waals surface area contributed by atoms with Crippen molar-refractivity contribution >= 4 is 23.8 Å². The molecule has 0 aromatic heterocycles. The first-order chi connectivity index (χ1) is 14.0. The molecule has 0 radical (unpaired) electrons. The molecule has 2 N–H and O–H groups in total. The lowest BCUT2D eigenvalue weighted by atomic mass is 10.0. The van der Waals surface area contributed by atoms with E-state index in [1.807, 2.05) is 48.5 Å². The monoisotopic (exact) mass is 394 g/mol. The summed E-state index contributed by atoms with van der Waals surface area (Å²) in [5.41, 5.74) is 3.72. The standard InChI is InChI=1S/C24H30N2O3/c1-3-5-6-16-25-24(29)26(17-4-2)22-9-7-8-21(18-22)20-13-10-19(11-14-20)12-15-23(27)28/h7-15,18H,3-6,16-17H2,1-2H3,(H,25,29)(H,27,28). The molecule has 0 aliphatic rings. The predicted molar refractivity (Wildman–Crippen MR) is 119 cm³/mol. The number of unbranched alkanes of at least 4 members (excludes halogenated alkanes) is 2. The molecule has 0 atom stereocenters. The van der Waals surface area contributed by atoms with Crippen LogP contribution < -0.4 is 10.2 Å². The van der Waals surface area contributed by atoms with E-state index in [4.69, 9.17) is 5.11 Å². The Bertz CT molecular complexity index is 828. The summed E-state index contributed by atoms with van der Waals surface area (Å²) >= 11 is 0. The van der Waals surface area contributed by atoms with Crippen molar-refractivity contribution in [1.29, 1.82) is 0 Å². The molecule has 29 heavy (non-hydrogen) atoms. The SMILES string of the molecule is CCCCCNC(=O)N(CCC)c1cccc(-c2ccc(C=CC(=O)O)cc2)c1. The fourth-order valence-electron chi connectivity index (χ4n) is 3.04. The largest absolute Gasteiger partial charge is 0.478 e. The van der Waals surface area contributed by atoms with Crippen LogP contribution in [0.2, 0.25) is 0 Å². The molecule has 0 saturated carbocycles. The number of urea groups is 1. The van der Waals surface area contributed by atoms with Crippen molar-refractivity contribution in [2.24, 2.45) is 0 Å². The van der Waals surface area contributed by atoms with E-state index in [9.17, 15) is 9.59 Å². The highest BCUT2D eigenvalue weighted by Crippen LogP contribution is 2.25. The van der Waals surface area contributed by atoms with Gasteiger partial charge in [0, 0.05) is 24.9 Å². The minimum atomic E-state index is -0.967. The van der Waals surface area contributed by atoms with Crippen LogP contribution in [-0.2, 0) is 4.79 Å². The van der Waals surface area contributed by atoms with Crippen LogP contribution >= 0.6 is 0 Å². The Morgan fingerprint density at radius 1 is 1.00 bits per heavy atom. The fourth-order valence-corrected chi connectivity index (χ4v) is 3.04. The number of carbonyl (C=O) groups is 2. The van der Waals surface area contributed by atoms with Crippen LogP contribution in [0.3, 0.4) is 0 Å². The van der Waals surface area contributed by atoms with Gasteiger partial charge in [0.1, 0.15) is 0 Å². The molecular weight excluding hydrogens is 364 g/mol. The van der Waals surface area contributed by atoms with Crippen molar-refractivity contribution in [3.8, 4) is 11.1 Å². The van der Waals surface area contributed by atoms with Gasteiger partial charge in [-0.1, -0.05) is 63.1 Å². The van der Waals surface area contributed by atoms with E-state index in [1.165, 1.54) is 0 Å². The van der Waals surface area contributed by atoms with Gasteiger partial charge in [0.05, 0.1) is 0 Å². The highest BCUT2D eigenvalue weighted by Gasteiger charge is 2.15. The zero-order valence-corrected chi connectivity index (χ0v) is 17.2. The summed E-state index contributed by atoms with van der Waals surface area (Å²) in [7, 11) is 0. The van der Waals surface area contributed by atoms with E-state index in [0.29, 0.717) is 13.1 Å². The zero-order chi connectivity index (χ0) is 21.1. The first-order valence-electron chi connectivity index (χ1n) is 10.2. The summed E-state index contributed by atoms with van der Waals surface area (Å²) in [5, 5.41) is 11.8. The summed E-state index contributed by atoms with van der Waals surface area (Å²) in [4.78, 5) is 25.1. The van der Waals surface area contributed by atoms with Gasteiger partial charge >= 0.3 is 12.0 Å². The van der Waals surface area contributed by atoms with Gasteiger partial charge in [-0.25, -0.2) is 9.59 Å². The quantitative estimate of drug-likeness (QED) is 0.409. The predicted octanol–water partition coefficient (Wildman–Crippen LogP) is 5.57. The third-order valence-electron chi connectivity index (χ3n) is 4.57. The van der Waals surface area contributed by atoms with Crippen LogP contribution in [0.1, 0.15) is 45.1 Å². The number of hydrogen-bond donors (Lipinski definition) is 2. The molecule has 2 rings (SSSR count). The van der Waals surface area contributed by atoms with Crippen LogP contribution in [-0.4, -0.2) is 30.2 Å². The second-order valence-corrected chi connectivity index (χ2v) is 6.93. The lowest BCUT2D eigenvalue weighted by Gasteiger charge is -2.23. The maximum absolute atomic E-state index is 12.7. The number of anilines is 1. The highest BCUT2D eigenvalue weighted by atomic mass is 16.4. The minimum absolute atomic E-state index is 0.0609. The molecule has 2 aromatic carbocycles. The van der Waals surface area contributed by atoms with Gasteiger partial charge < -0.3 is 10.4 Å². The van der Waals surface area contributed by atoms with E-state index in [2.05, 4.69) is 19.2 Å². The van der Waals surface area contributed by atoms with Gasteiger partial charge in [-0.15, -0.1) is 0 Å². The lowest BCUT2D eigenvalue weighted by Crippen LogP contribution is -2.41. The molecule has 2 aromatic rings. The lowest BCUT2D eigenvalue weighted by molar-refractivity contribution is -0.131. The number of aliphatic carboxylic acids is 1. The number of carbonyl (C=O) groups excluding carboxylic acids is 1. The van der Waals surface area contributed by atoms with Gasteiger partial charge in [-0.05, 0) is 47.7 Å². The maximum Gasteiger partial charge on any atom is 0.328 e. The Morgan fingerprint density at radius 3 is 2.41 bits per heavy atom. The third-order valence-corrected chi connectivity index (χ3v) is 4.57. The molecule has 0 spiro atoms. The average Bonchev–Trinajstić information content (AvgIpc) is 2.74. The molecule has 0 bridgehead atoms. The van der Waals surface area contributed by atoms with Crippen LogP contribution in [0, 0.1) is 0 Å². The van der Waals surface area contributed by atoms with Crippen molar-refractivity contribution in [2.75, 3.05) is 18.0 Å². The molecule has 154 valence electrons. The Morgan fingerprint density at radius 2 is 1.76 bits per heavy atom. The number of rotatable bonds is 10. The normalized spacial score (nSPS) is 10.8. The van der Waals surface area contributed by atoms with Crippen LogP contribution in [0.5, 0.6) is 0 Å². The smallest absolute Gasteiger partial charge is 0.328 e. The summed E-state index contributed by atoms with van der Waals surface area (Å²) in [6.07, 6.45) is 6.79. The van der Waals surface area contributed by atoms with Gasteiger partial charge in [0.15, 0.2) is 0 Å². The Kier molecular flexibility index (Phi) is 8.96. The van der Waals surface area contributed by atoms with E-state index in [-0.39, 0.29) is 6.03 Å². The second kappa shape index (κ2) is 11.7. The molecule has 0 aliphatic carbocycles. The number of nitrogens with zero attached hydrogens (tertiary/aromatic N) is 1. The summed E-state index contributed by atoms with van der Waals surface area (Å²) in [6, 6.07) is 15.5. The number of hydrogen-bond acceptors (Lipinski definition) is 2. The first kappa shape index (κ1) is 22.2. The number of benzene rings is 2. The van der Waals surface area contributed by atoms with Crippen molar-refractivity contribution in [2.45, 2.75) is 39.5 Å². The van der Waals surface area contributed by atoms with Crippen LogP contribution in [0.15, 0.2) is 54.6 Å². The van der Waals surface area contributed by atoms with Crippen molar-refractivity contribution < 1.29 is 14.7 Å². The van der Waals surface area contributed by atoms with Gasteiger partial charge in [0.2, 0.25) is 0 Å². The van der Waals surface area contributed by atoms with Crippen LogP contribution in [0.25, 0.3) is 17.2 Å². The van der Waals surface area contributed by atoms with E-state index >= 15 is 0 Å². The van der Waals surface area contributed by atoms with Crippen LogP contribution in [0.4, 0.5) is 10.5 Å². The zero-order valence-electron chi connectivity index (χ0n) is 17.2. The van der Waals surface area contributed by atoms with Gasteiger partial charge in [-0.3, -0.25) is 4.90 Å². The van der Waals surface area contributed by atoms with Gasteiger partial charge in [0.25, 0.3) is 0 Å². The summed E-state index contributed by atoms with van der Waals surface area (Å²) in [5.74, 6) is -0.967. The Hall–Kier alpha value is -3.08. The number of amides is 2. The number of carboxylic acids is 1. The molecule has 0 aliphatic heterocycles. The first-order valence-corrected chi connectivity index (χ1v) is 10.2. The fraction of sp³-hybridized carbons (Fsp3) is 0.333. The van der Waals surface area contributed by atoms with Crippen molar-refractivity contribution in [1.82, 2.24) is 5.32 Å².